The Balaban J connectivity index is 1.91. The Morgan fingerprint density at radius 2 is 2.10 bits per heavy atom. The molecule has 110 valence electrons. The Kier molecular flexibility index (Phi) is 5.85. The van der Waals surface area contributed by atoms with Crippen molar-refractivity contribution in [3.8, 4) is 0 Å². The molecule has 0 aliphatic heterocycles. The number of carbonyl (C=O) groups is 1. The zero-order valence-electron chi connectivity index (χ0n) is 11.6. The maximum Gasteiger partial charge on any atom is 0.165 e. The molecule has 0 N–H and O–H groups in total. The van der Waals surface area contributed by atoms with Crippen molar-refractivity contribution in [1.29, 1.82) is 0 Å². The molecule has 0 radical (unpaired) electrons. The number of ether oxygens (including phenoxy) is 1. The summed E-state index contributed by atoms with van der Waals surface area (Å²) in [5.74, 6) is 0.0422. The summed E-state index contributed by atoms with van der Waals surface area (Å²) < 4.78 is 5.11. The maximum atomic E-state index is 12.2. The molecule has 1 aliphatic carbocycles. The Hall–Kier alpha value is -0.610. The Labute approximate surface area is 129 Å². The van der Waals surface area contributed by atoms with Crippen LogP contribution in [-0.4, -0.2) is 43.5 Å². The number of carbonyl (C=O) groups excluding carboxylic acids is 1. The number of halogens is 2. The highest BCUT2D eigenvalue weighted by atomic mass is 35.5. The number of ketones is 1. The minimum atomic E-state index is 0.0422. The van der Waals surface area contributed by atoms with Crippen LogP contribution in [0, 0.1) is 0 Å². The number of Topliss-reactive ketones (excluding diaryl/α,β-unsaturated/α-hetero) is 1. The molecule has 1 fully saturated rings. The van der Waals surface area contributed by atoms with E-state index in [1.807, 2.05) is 0 Å². The molecule has 0 heterocycles. The van der Waals surface area contributed by atoms with Crippen molar-refractivity contribution in [1.82, 2.24) is 4.90 Å². The smallest absolute Gasteiger partial charge is 0.165 e. The van der Waals surface area contributed by atoms with Gasteiger partial charge in [-0.2, -0.15) is 0 Å². The summed E-state index contributed by atoms with van der Waals surface area (Å²) in [7, 11) is 1.70. The van der Waals surface area contributed by atoms with Crippen molar-refractivity contribution in [2.75, 3.05) is 26.8 Å². The van der Waals surface area contributed by atoms with Crippen molar-refractivity contribution in [2.24, 2.45) is 0 Å². The van der Waals surface area contributed by atoms with E-state index in [-0.39, 0.29) is 5.78 Å². The summed E-state index contributed by atoms with van der Waals surface area (Å²) in [4.78, 5) is 14.6. The van der Waals surface area contributed by atoms with Crippen LogP contribution in [0.15, 0.2) is 18.2 Å². The van der Waals surface area contributed by atoms with Crippen LogP contribution in [-0.2, 0) is 4.74 Å². The molecule has 1 saturated carbocycles. The van der Waals surface area contributed by atoms with Crippen molar-refractivity contribution < 1.29 is 9.53 Å². The lowest BCUT2D eigenvalue weighted by Gasteiger charge is -2.21. The molecule has 1 aliphatic rings. The molecule has 0 spiro atoms. The molecule has 0 saturated heterocycles. The van der Waals surface area contributed by atoms with E-state index in [2.05, 4.69) is 4.90 Å². The predicted molar refractivity (Wildman–Crippen MR) is 81.9 cm³/mol. The van der Waals surface area contributed by atoms with Gasteiger partial charge in [0.25, 0.3) is 0 Å². The van der Waals surface area contributed by atoms with Gasteiger partial charge in [-0.15, -0.1) is 0 Å². The van der Waals surface area contributed by atoms with Crippen LogP contribution in [0.3, 0.4) is 0 Å². The molecule has 5 heteroatoms. The number of hydrogen-bond donors (Lipinski definition) is 0. The van der Waals surface area contributed by atoms with Gasteiger partial charge in [-0.3, -0.25) is 9.69 Å². The highest BCUT2D eigenvalue weighted by Crippen LogP contribution is 2.28. The number of hydrogen-bond acceptors (Lipinski definition) is 3. The molecule has 1 aromatic carbocycles. The highest BCUT2D eigenvalue weighted by molar-refractivity contribution is 6.43. The first-order chi connectivity index (χ1) is 9.63. The second-order valence-electron chi connectivity index (χ2n) is 5.03. The fraction of sp³-hybridized carbons (Fsp3) is 0.533. The first kappa shape index (κ1) is 15.8. The third kappa shape index (κ3) is 4.19. The zero-order valence-corrected chi connectivity index (χ0v) is 13.1. The quantitative estimate of drug-likeness (QED) is 0.685. The molecule has 20 heavy (non-hydrogen) atoms. The van der Waals surface area contributed by atoms with Gasteiger partial charge in [-0.1, -0.05) is 29.3 Å². The van der Waals surface area contributed by atoms with Crippen LogP contribution in [0.4, 0.5) is 0 Å². The second-order valence-corrected chi connectivity index (χ2v) is 5.82. The number of methoxy groups -OCH3 is 1. The SMILES string of the molecule is COCCN(CCC(=O)c1cccc(Cl)c1Cl)C1CC1. The zero-order chi connectivity index (χ0) is 14.5. The summed E-state index contributed by atoms with van der Waals surface area (Å²) in [5.41, 5.74) is 0.515. The average Bonchev–Trinajstić information content (AvgIpc) is 3.26. The van der Waals surface area contributed by atoms with Crippen LogP contribution in [0.5, 0.6) is 0 Å². The predicted octanol–water partition coefficient (Wildman–Crippen LogP) is 3.68. The van der Waals surface area contributed by atoms with Gasteiger partial charge in [0.05, 0.1) is 16.7 Å². The first-order valence-electron chi connectivity index (χ1n) is 6.83. The minimum absolute atomic E-state index is 0.0422. The number of rotatable bonds is 8. The van der Waals surface area contributed by atoms with E-state index in [1.165, 1.54) is 12.8 Å². The summed E-state index contributed by atoms with van der Waals surface area (Å²) in [6, 6.07) is 5.79. The van der Waals surface area contributed by atoms with E-state index in [0.717, 1.165) is 13.1 Å². The topological polar surface area (TPSA) is 29.5 Å². The minimum Gasteiger partial charge on any atom is -0.383 e. The van der Waals surface area contributed by atoms with Crippen LogP contribution < -0.4 is 0 Å². The average molecular weight is 316 g/mol. The third-order valence-corrected chi connectivity index (χ3v) is 4.34. The molecule has 2 rings (SSSR count). The Morgan fingerprint density at radius 3 is 2.75 bits per heavy atom. The van der Waals surface area contributed by atoms with Gasteiger partial charge >= 0.3 is 0 Å². The Morgan fingerprint density at radius 1 is 1.35 bits per heavy atom. The molecule has 0 amide bonds. The van der Waals surface area contributed by atoms with Crippen LogP contribution in [0.2, 0.25) is 10.0 Å². The number of nitrogens with zero attached hydrogens (tertiary/aromatic N) is 1. The lowest BCUT2D eigenvalue weighted by Crippen LogP contribution is -2.31. The summed E-state index contributed by atoms with van der Waals surface area (Å²) in [5, 5.41) is 0.782. The van der Waals surface area contributed by atoms with Gasteiger partial charge < -0.3 is 4.74 Å². The van der Waals surface area contributed by atoms with E-state index >= 15 is 0 Å². The normalized spacial score (nSPS) is 14.8. The van der Waals surface area contributed by atoms with Crippen LogP contribution in [0.25, 0.3) is 0 Å². The molecule has 0 unspecified atom stereocenters. The largest absolute Gasteiger partial charge is 0.383 e. The molecular formula is C15H19Cl2NO2. The van der Waals surface area contributed by atoms with Crippen LogP contribution >= 0.6 is 23.2 Å². The van der Waals surface area contributed by atoms with Gasteiger partial charge in [-0.05, 0) is 25.0 Å². The Bertz CT molecular complexity index is 475. The van der Waals surface area contributed by atoms with E-state index in [9.17, 15) is 4.79 Å². The van der Waals surface area contributed by atoms with E-state index < -0.39 is 0 Å². The van der Waals surface area contributed by atoms with Crippen molar-refractivity contribution >= 4 is 29.0 Å². The first-order valence-corrected chi connectivity index (χ1v) is 7.59. The van der Waals surface area contributed by atoms with Gasteiger partial charge in [0.15, 0.2) is 5.78 Å². The molecule has 0 aromatic heterocycles. The van der Waals surface area contributed by atoms with Crippen molar-refractivity contribution in [3.63, 3.8) is 0 Å². The molecule has 0 atom stereocenters. The molecule has 3 nitrogen and oxygen atoms in total. The monoisotopic (exact) mass is 315 g/mol. The molecular weight excluding hydrogens is 297 g/mol. The van der Waals surface area contributed by atoms with E-state index in [0.29, 0.717) is 34.7 Å². The van der Waals surface area contributed by atoms with Crippen molar-refractivity contribution in [2.45, 2.75) is 25.3 Å². The summed E-state index contributed by atoms with van der Waals surface area (Å²) in [6.07, 6.45) is 2.89. The fourth-order valence-corrected chi connectivity index (χ4v) is 2.63. The summed E-state index contributed by atoms with van der Waals surface area (Å²) in [6.45, 7) is 2.32. The van der Waals surface area contributed by atoms with Gasteiger partial charge in [0, 0.05) is 38.2 Å². The highest BCUT2D eigenvalue weighted by Gasteiger charge is 2.28. The van der Waals surface area contributed by atoms with E-state index in [4.69, 9.17) is 27.9 Å². The maximum absolute atomic E-state index is 12.2. The third-order valence-electron chi connectivity index (χ3n) is 3.52. The molecule has 1 aromatic rings. The standard InChI is InChI=1S/C15H19Cl2NO2/c1-20-10-9-18(11-5-6-11)8-7-14(19)12-3-2-4-13(16)15(12)17/h2-4,11H,5-10H2,1H3. The lowest BCUT2D eigenvalue weighted by molar-refractivity contribution is 0.0945. The molecule has 0 bridgehead atoms. The fourth-order valence-electron chi connectivity index (χ4n) is 2.22. The summed E-state index contributed by atoms with van der Waals surface area (Å²) >= 11 is 12.0. The number of benzene rings is 1. The lowest BCUT2D eigenvalue weighted by atomic mass is 10.1. The van der Waals surface area contributed by atoms with Gasteiger partial charge in [0.1, 0.15) is 0 Å². The van der Waals surface area contributed by atoms with E-state index in [1.54, 1.807) is 25.3 Å². The van der Waals surface area contributed by atoms with Crippen molar-refractivity contribution in [3.05, 3.63) is 33.8 Å². The van der Waals surface area contributed by atoms with Gasteiger partial charge in [-0.25, -0.2) is 0 Å². The van der Waals surface area contributed by atoms with Gasteiger partial charge in [0.2, 0.25) is 0 Å². The second kappa shape index (κ2) is 7.41. The van der Waals surface area contributed by atoms with Crippen LogP contribution in [0.1, 0.15) is 29.6 Å².